The van der Waals surface area contributed by atoms with E-state index in [4.69, 9.17) is 4.74 Å². The number of carbonyl (C=O) groups excluding carboxylic acids is 2. The van der Waals surface area contributed by atoms with Crippen LogP contribution in [0.25, 0.3) is 16.5 Å². The quantitative estimate of drug-likeness (QED) is 0.449. The zero-order valence-electron chi connectivity index (χ0n) is 17.0. The first-order valence-electron chi connectivity index (χ1n) is 9.79. The van der Waals surface area contributed by atoms with Crippen molar-refractivity contribution in [1.82, 2.24) is 9.78 Å². The van der Waals surface area contributed by atoms with Gasteiger partial charge in [-0.2, -0.15) is 9.78 Å². The highest BCUT2D eigenvalue weighted by Gasteiger charge is 2.23. The minimum atomic E-state index is -0.701. The first kappa shape index (κ1) is 21.4. The second-order valence-corrected chi connectivity index (χ2v) is 7.71. The second kappa shape index (κ2) is 9.11. The molecule has 2 aromatic carbocycles. The minimum Gasteiger partial charge on any atom is -0.461 e. The monoisotopic (exact) mass is 451 g/mol. The number of esters is 1. The topological polar surface area (TPSA) is 90.3 Å². The fraction of sp³-hybridized carbons (Fsp3) is 0.130. The third kappa shape index (κ3) is 4.28. The van der Waals surface area contributed by atoms with E-state index in [1.807, 2.05) is 30.3 Å². The van der Waals surface area contributed by atoms with Crippen molar-refractivity contribution < 1.29 is 18.7 Å². The van der Waals surface area contributed by atoms with Crippen LogP contribution in [-0.4, -0.2) is 28.3 Å². The molecule has 2 aromatic heterocycles. The van der Waals surface area contributed by atoms with Crippen molar-refractivity contribution in [2.45, 2.75) is 13.3 Å². The Morgan fingerprint density at radius 2 is 1.84 bits per heavy atom. The van der Waals surface area contributed by atoms with E-state index in [0.717, 1.165) is 21.6 Å². The number of nitrogens with one attached hydrogen (secondary N) is 1. The molecule has 0 aliphatic carbocycles. The number of carbonyl (C=O) groups is 2. The Kier molecular flexibility index (Phi) is 6.09. The van der Waals surface area contributed by atoms with Crippen LogP contribution in [0.5, 0.6) is 0 Å². The van der Waals surface area contributed by atoms with Gasteiger partial charge >= 0.3 is 5.97 Å². The molecule has 2 heterocycles. The Hall–Kier alpha value is -3.85. The normalized spacial score (nSPS) is 10.8. The summed E-state index contributed by atoms with van der Waals surface area (Å²) in [4.78, 5) is 38.4. The predicted octanol–water partition coefficient (Wildman–Crippen LogP) is 3.94. The Morgan fingerprint density at radius 1 is 1.12 bits per heavy atom. The van der Waals surface area contributed by atoms with E-state index in [9.17, 15) is 18.8 Å². The lowest BCUT2D eigenvalue weighted by atomic mass is 10.1. The SMILES string of the molecule is CCOC(=O)c1nn(-c2ccc(F)cc2)c(=O)c2c(NC(=O)Cc3ccccc3)scc12. The van der Waals surface area contributed by atoms with Crippen molar-refractivity contribution in [1.29, 1.82) is 0 Å². The summed E-state index contributed by atoms with van der Waals surface area (Å²) in [5.41, 5.74) is 0.488. The van der Waals surface area contributed by atoms with Gasteiger partial charge in [-0.05, 0) is 36.8 Å². The van der Waals surface area contributed by atoms with Crippen LogP contribution in [0.3, 0.4) is 0 Å². The van der Waals surface area contributed by atoms with Crippen molar-refractivity contribution in [3.8, 4) is 5.69 Å². The van der Waals surface area contributed by atoms with Crippen LogP contribution in [0.2, 0.25) is 0 Å². The molecule has 4 aromatic rings. The molecule has 1 N–H and O–H groups in total. The van der Waals surface area contributed by atoms with E-state index >= 15 is 0 Å². The van der Waals surface area contributed by atoms with E-state index in [2.05, 4.69) is 10.4 Å². The van der Waals surface area contributed by atoms with Gasteiger partial charge in [0.1, 0.15) is 10.8 Å². The van der Waals surface area contributed by atoms with Gasteiger partial charge in [-0.25, -0.2) is 9.18 Å². The Morgan fingerprint density at radius 3 is 2.53 bits per heavy atom. The van der Waals surface area contributed by atoms with Gasteiger partial charge in [0.05, 0.1) is 24.1 Å². The summed E-state index contributed by atoms with van der Waals surface area (Å²) in [5, 5.41) is 9.26. The zero-order valence-corrected chi connectivity index (χ0v) is 17.8. The van der Waals surface area contributed by atoms with Gasteiger partial charge in [0.2, 0.25) is 5.91 Å². The first-order valence-corrected chi connectivity index (χ1v) is 10.7. The molecule has 162 valence electrons. The molecule has 9 heteroatoms. The average molecular weight is 451 g/mol. The van der Waals surface area contributed by atoms with Gasteiger partial charge in [0.15, 0.2) is 5.69 Å². The largest absolute Gasteiger partial charge is 0.461 e. The number of nitrogens with zero attached hydrogens (tertiary/aromatic N) is 2. The highest BCUT2D eigenvalue weighted by Crippen LogP contribution is 2.30. The standard InChI is InChI=1S/C23H18FN3O4S/c1-2-31-23(30)20-17-13-32-21(25-18(28)12-14-6-4-3-5-7-14)19(17)22(29)27(26-20)16-10-8-15(24)9-11-16/h3-11,13H,2,12H2,1H3,(H,25,28). The smallest absolute Gasteiger partial charge is 0.359 e. The van der Waals surface area contributed by atoms with Gasteiger partial charge in [0.25, 0.3) is 5.56 Å². The van der Waals surface area contributed by atoms with E-state index in [0.29, 0.717) is 5.00 Å². The lowest BCUT2D eigenvalue weighted by molar-refractivity contribution is -0.115. The molecule has 0 unspecified atom stereocenters. The number of rotatable bonds is 6. The number of amides is 1. The third-order valence-electron chi connectivity index (χ3n) is 4.65. The van der Waals surface area contributed by atoms with Crippen LogP contribution in [0.1, 0.15) is 23.0 Å². The molecule has 32 heavy (non-hydrogen) atoms. The molecule has 0 bridgehead atoms. The maximum absolute atomic E-state index is 13.4. The third-order valence-corrected chi connectivity index (χ3v) is 5.55. The molecule has 0 aliphatic heterocycles. The molecule has 0 fully saturated rings. The van der Waals surface area contributed by atoms with E-state index < -0.39 is 17.3 Å². The molecule has 0 saturated heterocycles. The first-order chi connectivity index (χ1) is 15.5. The van der Waals surface area contributed by atoms with Gasteiger partial charge in [0, 0.05) is 10.8 Å². The number of ether oxygens (including phenoxy) is 1. The number of fused-ring (bicyclic) bond motifs is 1. The van der Waals surface area contributed by atoms with Crippen molar-refractivity contribution in [3.63, 3.8) is 0 Å². The van der Waals surface area contributed by atoms with Crippen molar-refractivity contribution in [2.24, 2.45) is 0 Å². The van der Waals surface area contributed by atoms with Gasteiger partial charge in [-0.3, -0.25) is 9.59 Å². The predicted molar refractivity (Wildman–Crippen MR) is 120 cm³/mol. The number of halogens is 1. The minimum absolute atomic E-state index is 0.0643. The van der Waals surface area contributed by atoms with E-state index in [1.165, 1.54) is 24.3 Å². The summed E-state index contributed by atoms with van der Waals surface area (Å²) in [5.74, 6) is -1.48. The number of hydrogen-bond donors (Lipinski definition) is 1. The van der Waals surface area contributed by atoms with Crippen LogP contribution in [0.4, 0.5) is 9.39 Å². The Balaban J connectivity index is 1.81. The lowest BCUT2D eigenvalue weighted by Gasteiger charge is -2.10. The number of hydrogen-bond acceptors (Lipinski definition) is 6. The maximum atomic E-state index is 13.4. The lowest BCUT2D eigenvalue weighted by Crippen LogP contribution is -2.25. The van der Waals surface area contributed by atoms with Crippen LogP contribution >= 0.6 is 11.3 Å². The summed E-state index contributed by atoms with van der Waals surface area (Å²) in [6, 6.07) is 14.3. The molecule has 1 amide bonds. The van der Waals surface area contributed by atoms with Gasteiger partial charge < -0.3 is 10.1 Å². The van der Waals surface area contributed by atoms with Gasteiger partial charge in [-0.15, -0.1) is 11.3 Å². The molecular weight excluding hydrogens is 433 g/mol. The van der Waals surface area contributed by atoms with E-state index in [-0.39, 0.29) is 41.1 Å². The molecule has 0 atom stereocenters. The molecule has 7 nitrogen and oxygen atoms in total. The summed E-state index contributed by atoms with van der Waals surface area (Å²) in [6.07, 6.45) is 0.127. The van der Waals surface area contributed by atoms with Crippen LogP contribution in [-0.2, 0) is 16.0 Å². The summed E-state index contributed by atoms with van der Waals surface area (Å²) < 4.78 is 19.5. The van der Waals surface area contributed by atoms with E-state index in [1.54, 1.807) is 12.3 Å². The van der Waals surface area contributed by atoms with Crippen molar-refractivity contribution in [3.05, 3.63) is 87.4 Å². The zero-order chi connectivity index (χ0) is 22.7. The number of benzene rings is 2. The van der Waals surface area contributed by atoms with Crippen molar-refractivity contribution in [2.75, 3.05) is 11.9 Å². The second-order valence-electron chi connectivity index (χ2n) is 6.83. The van der Waals surface area contributed by atoms with Gasteiger partial charge in [-0.1, -0.05) is 30.3 Å². The molecule has 0 spiro atoms. The Bertz CT molecular complexity index is 1350. The highest BCUT2D eigenvalue weighted by atomic mass is 32.1. The highest BCUT2D eigenvalue weighted by molar-refractivity contribution is 7.16. The fourth-order valence-electron chi connectivity index (χ4n) is 3.20. The maximum Gasteiger partial charge on any atom is 0.359 e. The Labute approximate surface area is 186 Å². The summed E-state index contributed by atoms with van der Waals surface area (Å²) >= 11 is 1.12. The number of anilines is 1. The molecule has 0 aliphatic rings. The summed E-state index contributed by atoms with van der Waals surface area (Å²) in [7, 11) is 0. The number of aromatic nitrogens is 2. The number of thiophene rings is 1. The average Bonchev–Trinajstić information content (AvgIpc) is 3.19. The molecular formula is C23H18FN3O4S. The van der Waals surface area contributed by atoms with Crippen molar-refractivity contribution >= 4 is 39.0 Å². The van der Waals surface area contributed by atoms with Crippen LogP contribution in [0.15, 0.2) is 64.8 Å². The van der Waals surface area contributed by atoms with Crippen LogP contribution in [0, 0.1) is 5.82 Å². The molecule has 4 rings (SSSR count). The molecule has 0 saturated carbocycles. The summed E-state index contributed by atoms with van der Waals surface area (Å²) in [6.45, 7) is 1.79. The van der Waals surface area contributed by atoms with Crippen LogP contribution < -0.4 is 10.9 Å². The molecule has 0 radical (unpaired) electrons. The fourth-order valence-corrected chi connectivity index (χ4v) is 4.15.